The van der Waals surface area contributed by atoms with E-state index >= 15 is 0 Å². The predicted octanol–water partition coefficient (Wildman–Crippen LogP) is 3.96. The van der Waals surface area contributed by atoms with Crippen LogP contribution in [0.3, 0.4) is 0 Å². The largest absolute Gasteiger partial charge is 0.450 e. The molecule has 0 spiro atoms. The Kier molecular flexibility index (Phi) is 11.0. The minimum atomic E-state index is -1.58. The van der Waals surface area contributed by atoms with Crippen molar-refractivity contribution in [3.8, 4) is 0 Å². The van der Waals surface area contributed by atoms with Crippen molar-refractivity contribution in [3.63, 3.8) is 0 Å². The molecule has 1 fully saturated rings. The molecule has 0 unspecified atom stereocenters. The number of aliphatic hydroxyl groups is 1. The third-order valence-electron chi connectivity index (χ3n) is 6.81. The monoisotopic (exact) mass is 553 g/mol. The zero-order valence-corrected chi connectivity index (χ0v) is 23.7. The fourth-order valence-corrected chi connectivity index (χ4v) is 5.68. The van der Waals surface area contributed by atoms with E-state index < -0.39 is 34.9 Å². The molecular formula is C30H39N3O5S. The van der Waals surface area contributed by atoms with Crippen molar-refractivity contribution in [3.05, 3.63) is 83.9 Å². The Labute approximate surface area is 235 Å². The number of hydrogen-bond acceptors (Lipinski definition) is 6. The van der Waals surface area contributed by atoms with Gasteiger partial charge in [0, 0.05) is 11.3 Å². The van der Waals surface area contributed by atoms with Gasteiger partial charge in [-0.05, 0) is 56.7 Å². The number of nitrogens with zero attached hydrogens (tertiary/aromatic N) is 1. The quantitative estimate of drug-likeness (QED) is 0.271. The predicted molar refractivity (Wildman–Crippen MR) is 154 cm³/mol. The molecule has 1 aliphatic heterocycles. The third kappa shape index (κ3) is 8.34. The molecule has 1 aliphatic rings. The van der Waals surface area contributed by atoms with Crippen LogP contribution in [0.4, 0.5) is 4.79 Å². The fourth-order valence-electron chi connectivity index (χ4n) is 4.54. The van der Waals surface area contributed by atoms with E-state index in [1.54, 1.807) is 6.08 Å². The van der Waals surface area contributed by atoms with Gasteiger partial charge in [-0.2, -0.15) is 0 Å². The number of alkyl carbamates (subject to hydrolysis) is 1. The highest BCUT2D eigenvalue weighted by Gasteiger charge is 2.49. The topological polar surface area (TPSA) is 108 Å². The minimum Gasteiger partial charge on any atom is -0.450 e. The maximum atomic E-state index is 13.7. The number of benzene rings is 2. The molecule has 210 valence electrons. The van der Waals surface area contributed by atoms with E-state index in [1.807, 2.05) is 75.4 Å². The maximum absolute atomic E-state index is 13.7. The lowest BCUT2D eigenvalue weighted by molar-refractivity contribution is -0.147. The highest BCUT2D eigenvalue weighted by atomic mass is 32.2. The van der Waals surface area contributed by atoms with Crippen molar-refractivity contribution in [2.75, 3.05) is 12.5 Å². The fraction of sp³-hybridized carbons (Fsp3) is 0.433. The summed E-state index contributed by atoms with van der Waals surface area (Å²) in [6.07, 6.45) is 0.996. The average Bonchev–Trinajstić information content (AvgIpc) is 3.24. The van der Waals surface area contributed by atoms with Gasteiger partial charge in [0.25, 0.3) is 5.91 Å². The lowest BCUT2D eigenvalue weighted by Crippen LogP contribution is -2.58. The second-order valence-corrected chi connectivity index (χ2v) is 11.8. The van der Waals surface area contributed by atoms with Crippen LogP contribution < -0.4 is 10.6 Å². The van der Waals surface area contributed by atoms with Crippen LogP contribution in [-0.4, -0.2) is 63.3 Å². The van der Waals surface area contributed by atoms with Crippen LogP contribution in [0.2, 0.25) is 0 Å². The molecule has 3 rings (SSSR count). The lowest BCUT2D eigenvalue weighted by atomic mass is 9.97. The number of aliphatic hydroxyl groups excluding tert-OH is 1. The summed E-state index contributed by atoms with van der Waals surface area (Å²) in [6.45, 7) is 9.99. The van der Waals surface area contributed by atoms with Gasteiger partial charge in [-0.3, -0.25) is 9.59 Å². The van der Waals surface area contributed by atoms with Gasteiger partial charge in [-0.25, -0.2) is 4.79 Å². The zero-order valence-electron chi connectivity index (χ0n) is 22.9. The van der Waals surface area contributed by atoms with Gasteiger partial charge < -0.3 is 25.4 Å². The Hall–Kier alpha value is -3.30. The Morgan fingerprint density at radius 1 is 1.18 bits per heavy atom. The van der Waals surface area contributed by atoms with E-state index in [9.17, 15) is 19.5 Å². The molecule has 0 saturated carbocycles. The molecule has 1 saturated heterocycles. The van der Waals surface area contributed by atoms with E-state index in [0.29, 0.717) is 19.4 Å². The standard InChI is InChI=1S/C30H39N3O5S/c1-5-6-12-17-38-29(37)32-24(18-22-14-8-7-9-15-22)25(34)28(36)33-20-39-30(3,4)26(33)27(35)31-19-23-16-11-10-13-21(23)2/h5,7-11,13-16,24-26,34H,1,6,12,17-20H2,2-4H3,(H,31,35)(H,32,37)/t24-,25-,26+/m0/s1. The van der Waals surface area contributed by atoms with Gasteiger partial charge in [0.2, 0.25) is 5.91 Å². The first-order chi connectivity index (χ1) is 18.6. The third-order valence-corrected chi connectivity index (χ3v) is 8.19. The van der Waals surface area contributed by atoms with Gasteiger partial charge >= 0.3 is 6.09 Å². The van der Waals surface area contributed by atoms with Gasteiger partial charge in [0.15, 0.2) is 6.10 Å². The molecule has 0 radical (unpaired) electrons. The SMILES string of the molecule is C=CCCCOC(=O)N[C@@H](Cc1ccccc1)[C@H](O)C(=O)N1CSC(C)(C)[C@H]1C(=O)NCc1ccccc1C. The minimum absolute atomic E-state index is 0.194. The summed E-state index contributed by atoms with van der Waals surface area (Å²) in [5.41, 5.74) is 2.89. The number of unbranched alkanes of at least 4 members (excludes halogenated alkanes) is 1. The van der Waals surface area contributed by atoms with Crippen molar-refractivity contribution in [1.29, 1.82) is 0 Å². The summed E-state index contributed by atoms with van der Waals surface area (Å²) in [5, 5.41) is 16.9. The van der Waals surface area contributed by atoms with E-state index in [4.69, 9.17) is 4.74 Å². The van der Waals surface area contributed by atoms with Crippen LogP contribution >= 0.6 is 11.8 Å². The van der Waals surface area contributed by atoms with Crippen LogP contribution in [0.1, 0.15) is 43.4 Å². The van der Waals surface area contributed by atoms with Crippen molar-refractivity contribution >= 4 is 29.7 Å². The van der Waals surface area contributed by atoms with Crippen molar-refractivity contribution in [2.45, 2.75) is 69.5 Å². The van der Waals surface area contributed by atoms with Crippen LogP contribution in [-0.2, 0) is 27.3 Å². The number of rotatable bonds is 12. The van der Waals surface area contributed by atoms with Crippen molar-refractivity contribution in [1.82, 2.24) is 15.5 Å². The summed E-state index contributed by atoms with van der Waals surface area (Å²) in [4.78, 5) is 41.0. The number of thioether (sulfide) groups is 1. The summed E-state index contributed by atoms with van der Waals surface area (Å²) in [5.74, 6) is -0.657. The van der Waals surface area contributed by atoms with Crippen LogP contribution in [0.25, 0.3) is 0 Å². The molecule has 2 aromatic carbocycles. The highest BCUT2D eigenvalue weighted by molar-refractivity contribution is 8.00. The van der Waals surface area contributed by atoms with Gasteiger partial charge in [-0.1, -0.05) is 60.7 Å². The highest BCUT2D eigenvalue weighted by Crippen LogP contribution is 2.40. The molecule has 8 nitrogen and oxygen atoms in total. The number of nitrogens with one attached hydrogen (secondary N) is 2. The first-order valence-electron chi connectivity index (χ1n) is 13.2. The Morgan fingerprint density at radius 3 is 2.56 bits per heavy atom. The molecule has 39 heavy (non-hydrogen) atoms. The molecule has 2 aromatic rings. The average molecular weight is 554 g/mol. The Morgan fingerprint density at radius 2 is 1.87 bits per heavy atom. The second-order valence-electron chi connectivity index (χ2n) is 10.2. The van der Waals surface area contributed by atoms with Crippen molar-refractivity contribution < 1.29 is 24.2 Å². The summed E-state index contributed by atoms with van der Waals surface area (Å²) >= 11 is 1.47. The number of carbonyl (C=O) groups excluding carboxylic acids is 3. The molecule has 9 heteroatoms. The van der Waals surface area contributed by atoms with Crippen LogP contribution in [0.5, 0.6) is 0 Å². The van der Waals surface area contributed by atoms with Gasteiger partial charge in [0.05, 0.1) is 18.5 Å². The van der Waals surface area contributed by atoms with E-state index in [-0.39, 0.29) is 24.8 Å². The number of aryl methyl sites for hydroxylation is 1. The number of hydrogen-bond donors (Lipinski definition) is 3. The maximum Gasteiger partial charge on any atom is 0.407 e. The molecule has 3 atom stereocenters. The van der Waals surface area contributed by atoms with E-state index in [0.717, 1.165) is 16.7 Å². The smallest absolute Gasteiger partial charge is 0.407 e. The number of ether oxygens (including phenoxy) is 1. The summed E-state index contributed by atoms with van der Waals surface area (Å²) in [6, 6.07) is 15.3. The Bertz CT molecular complexity index is 1140. The molecule has 1 heterocycles. The van der Waals surface area contributed by atoms with Crippen LogP contribution in [0, 0.1) is 6.92 Å². The van der Waals surface area contributed by atoms with Crippen molar-refractivity contribution in [2.24, 2.45) is 0 Å². The first-order valence-corrected chi connectivity index (χ1v) is 14.2. The van der Waals surface area contributed by atoms with E-state index in [2.05, 4.69) is 17.2 Å². The van der Waals surface area contributed by atoms with Crippen LogP contribution in [0.15, 0.2) is 67.3 Å². The Balaban J connectivity index is 1.74. The first kappa shape index (κ1) is 30.2. The molecular weight excluding hydrogens is 514 g/mol. The number of allylic oxidation sites excluding steroid dienone is 1. The molecule has 3 N–H and O–H groups in total. The molecule has 0 aliphatic carbocycles. The lowest BCUT2D eigenvalue weighted by Gasteiger charge is -2.33. The summed E-state index contributed by atoms with van der Waals surface area (Å²) in [7, 11) is 0. The number of carbonyl (C=O) groups is 3. The normalized spacial score (nSPS) is 17.6. The van der Waals surface area contributed by atoms with E-state index in [1.165, 1.54) is 16.7 Å². The molecule has 0 aromatic heterocycles. The summed E-state index contributed by atoms with van der Waals surface area (Å²) < 4.78 is 4.67. The second kappa shape index (κ2) is 14.2. The number of amides is 3. The molecule has 0 bridgehead atoms. The molecule has 3 amide bonds. The zero-order chi connectivity index (χ0) is 28.4. The van der Waals surface area contributed by atoms with Gasteiger partial charge in [0.1, 0.15) is 6.04 Å². The van der Waals surface area contributed by atoms with Gasteiger partial charge in [-0.15, -0.1) is 18.3 Å².